The average molecular weight is 240 g/mol. The maximum Gasteiger partial charge on any atom is 0.0707 e. The molecule has 2 saturated heterocycles. The highest BCUT2D eigenvalue weighted by Crippen LogP contribution is 2.30. The van der Waals surface area contributed by atoms with Crippen molar-refractivity contribution >= 4 is 0 Å². The standard InChI is InChI=1S/C14H28N2O/c1-4-15-10-12-6-7-13(17-12)11-16-9-5-8-14(16,2)3/h12-13,15H,4-11H2,1-3H3. The van der Waals surface area contributed by atoms with Crippen LogP contribution in [-0.2, 0) is 4.74 Å². The molecule has 2 unspecified atom stereocenters. The highest BCUT2D eigenvalue weighted by Gasteiger charge is 2.35. The topological polar surface area (TPSA) is 24.5 Å². The number of hydrogen-bond donors (Lipinski definition) is 1. The highest BCUT2D eigenvalue weighted by atomic mass is 16.5. The van der Waals surface area contributed by atoms with Crippen molar-refractivity contribution in [3.8, 4) is 0 Å². The Hall–Kier alpha value is -0.120. The van der Waals surface area contributed by atoms with Crippen LogP contribution in [0, 0.1) is 0 Å². The number of nitrogens with zero attached hydrogens (tertiary/aromatic N) is 1. The van der Waals surface area contributed by atoms with E-state index < -0.39 is 0 Å². The third-order valence-corrected chi connectivity index (χ3v) is 4.31. The Morgan fingerprint density at radius 2 is 2.06 bits per heavy atom. The van der Waals surface area contributed by atoms with E-state index >= 15 is 0 Å². The van der Waals surface area contributed by atoms with Crippen LogP contribution in [0.2, 0.25) is 0 Å². The summed E-state index contributed by atoms with van der Waals surface area (Å²) in [6.07, 6.45) is 6.07. The summed E-state index contributed by atoms with van der Waals surface area (Å²) in [6, 6.07) is 0. The van der Waals surface area contributed by atoms with E-state index in [4.69, 9.17) is 4.74 Å². The molecule has 2 rings (SSSR count). The Morgan fingerprint density at radius 1 is 1.29 bits per heavy atom. The number of likely N-dealkylation sites (tertiary alicyclic amines) is 1. The summed E-state index contributed by atoms with van der Waals surface area (Å²) >= 11 is 0. The van der Waals surface area contributed by atoms with Gasteiger partial charge in [0.2, 0.25) is 0 Å². The first-order valence-corrected chi connectivity index (χ1v) is 7.23. The fourth-order valence-electron chi connectivity index (χ4n) is 3.12. The van der Waals surface area contributed by atoms with Gasteiger partial charge >= 0.3 is 0 Å². The van der Waals surface area contributed by atoms with Gasteiger partial charge in [-0.25, -0.2) is 0 Å². The first-order valence-electron chi connectivity index (χ1n) is 7.23. The molecule has 0 aromatic rings. The van der Waals surface area contributed by atoms with Crippen LogP contribution in [0.5, 0.6) is 0 Å². The largest absolute Gasteiger partial charge is 0.372 e. The lowest BCUT2D eigenvalue weighted by Gasteiger charge is -2.33. The predicted octanol–water partition coefficient (Wildman–Crippen LogP) is 2.02. The van der Waals surface area contributed by atoms with E-state index in [-0.39, 0.29) is 0 Å². The fraction of sp³-hybridized carbons (Fsp3) is 1.00. The summed E-state index contributed by atoms with van der Waals surface area (Å²) in [5.41, 5.74) is 0.392. The number of hydrogen-bond acceptors (Lipinski definition) is 3. The second-order valence-corrected chi connectivity index (χ2v) is 6.13. The third kappa shape index (κ3) is 3.43. The summed E-state index contributed by atoms with van der Waals surface area (Å²) < 4.78 is 6.11. The van der Waals surface area contributed by atoms with Gasteiger partial charge in [0.1, 0.15) is 0 Å². The van der Waals surface area contributed by atoms with Crippen molar-refractivity contribution in [3.05, 3.63) is 0 Å². The van der Waals surface area contributed by atoms with Gasteiger partial charge in [-0.15, -0.1) is 0 Å². The van der Waals surface area contributed by atoms with E-state index in [1.165, 1.54) is 32.2 Å². The lowest BCUT2D eigenvalue weighted by atomic mass is 10.0. The van der Waals surface area contributed by atoms with Crippen molar-refractivity contribution < 1.29 is 4.74 Å². The maximum atomic E-state index is 6.11. The van der Waals surface area contributed by atoms with Gasteiger partial charge in [0.05, 0.1) is 12.2 Å². The van der Waals surface area contributed by atoms with E-state index in [1.807, 2.05) is 0 Å². The van der Waals surface area contributed by atoms with Crippen molar-refractivity contribution in [1.82, 2.24) is 10.2 Å². The molecule has 0 aromatic carbocycles. The summed E-state index contributed by atoms with van der Waals surface area (Å²) in [5, 5.41) is 3.38. The Kier molecular flexibility index (Phi) is 4.45. The Morgan fingerprint density at radius 3 is 2.71 bits per heavy atom. The molecular weight excluding hydrogens is 212 g/mol. The fourth-order valence-corrected chi connectivity index (χ4v) is 3.12. The molecule has 2 heterocycles. The van der Waals surface area contributed by atoms with Crippen LogP contribution < -0.4 is 5.32 Å². The normalized spacial score (nSPS) is 33.4. The molecule has 2 fully saturated rings. The van der Waals surface area contributed by atoms with Crippen molar-refractivity contribution in [3.63, 3.8) is 0 Å². The number of nitrogens with one attached hydrogen (secondary N) is 1. The van der Waals surface area contributed by atoms with E-state index in [1.54, 1.807) is 0 Å². The zero-order valence-corrected chi connectivity index (χ0v) is 11.7. The smallest absolute Gasteiger partial charge is 0.0707 e. The number of likely N-dealkylation sites (N-methyl/N-ethyl adjacent to an activating group) is 1. The summed E-state index contributed by atoms with van der Waals surface area (Å²) in [7, 11) is 0. The predicted molar refractivity (Wildman–Crippen MR) is 71.3 cm³/mol. The lowest BCUT2D eigenvalue weighted by Crippen LogP contribution is -2.43. The van der Waals surface area contributed by atoms with Gasteiger partial charge < -0.3 is 10.1 Å². The Bertz CT molecular complexity index is 242. The monoisotopic (exact) mass is 240 g/mol. The first kappa shape index (κ1) is 13.3. The molecule has 1 N–H and O–H groups in total. The minimum atomic E-state index is 0.392. The molecule has 0 bridgehead atoms. The van der Waals surface area contributed by atoms with Gasteiger partial charge in [-0.2, -0.15) is 0 Å². The maximum absolute atomic E-state index is 6.11. The van der Waals surface area contributed by atoms with Crippen LogP contribution in [0.4, 0.5) is 0 Å². The van der Waals surface area contributed by atoms with Gasteiger partial charge in [-0.3, -0.25) is 4.90 Å². The highest BCUT2D eigenvalue weighted by molar-refractivity contribution is 4.90. The molecule has 2 atom stereocenters. The molecular formula is C14H28N2O. The van der Waals surface area contributed by atoms with Crippen LogP contribution >= 0.6 is 0 Å². The molecule has 100 valence electrons. The van der Waals surface area contributed by atoms with Crippen molar-refractivity contribution in [2.75, 3.05) is 26.2 Å². The van der Waals surface area contributed by atoms with E-state index in [0.717, 1.165) is 19.6 Å². The van der Waals surface area contributed by atoms with Crippen LogP contribution in [-0.4, -0.2) is 48.8 Å². The molecule has 0 radical (unpaired) electrons. The molecule has 17 heavy (non-hydrogen) atoms. The first-order chi connectivity index (χ1) is 8.12. The van der Waals surface area contributed by atoms with Gasteiger partial charge in [0.15, 0.2) is 0 Å². The Balaban J connectivity index is 1.74. The molecule has 0 amide bonds. The van der Waals surface area contributed by atoms with Gasteiger partial charge in [0.25, 0.3) is 0 Å². The molecule has 2 aliphatic heterocycles. The summed E-state index contributed by atoms with van der Waals surface area (Å²) in [4.78, 5) is 2.62. The average Bonchev–Trinajstić information content (AvgIpc) is 2.84. The molecule has 3 nitrogen and oxygen atoms in total. The minimum absolute atomic E-state index is 0.392. The second kappa shape index (κ2) is 5.68. The third-order valence-electron chi connectivity index (χ3n) is 4.31. The van der Waals surface area contributed by atoms with Crippen LogP contribution in [0.25, 0.3) is 0 Å². The SMILES string of the molecule is CCNCC1CCC(CN2CCCC2(C)C)O1. The van der Waals surface area contributed by atoms with Crippen molar-refractivity contribution in [2.24, 2.45) is 0 Å². The molecule has 0 spiro atoms. The van der Waals surface area contributed by atoms with E-state index in [9.17, 15) is 0 Å². The lowest BCUT2D eigenvalue weighted by molar-refractivity contribution is 0.0112. The molecule has 0 saturated carbocycles. The van der Waals surface area contributed by atoms with Crippen molar-refractivity contribution in [1.29, 1.82) is 0 Å². The van der Waals surface area contributed by atoms with Crippen LogP contribution in [0.15, 0.2) is 0 Å². The van der Waals surface area contributed by atoms with Crippen LogP contribution in [0.3, 0.4) is 0 Å². The minimum Gasteiger partial charge on any atom is -0.372 e. The molecule has 0 aliphatic carbocycles. The molecule has 3 heteroatoms. The number of rotatable bonds is 5. The van der Waals surface area contributed by atoms with Gasteiger partial charge in [-0.05, 0) is 52.6 Å². The zero-order valence-electron chi connectivity index (χ0n) is 11.7. The second-order valence-electron chi connectivity index (χ2n) is 6.13. The van der Waals surface area contributed by atoms with Crippen molar-refractivity contribution in [2.45, 2.75) is 64.2 Å². The summed E-state index contributed by atoms with van der Waals surface area (Å²) in [6.45, 7) is 11.3. The summed E-state index contributed by atoms with van der Waals surface area (Å²) in [5.74, 6) is 0. The van der Waals surface area contributed by atoms with Gasteiger partial charge in [-0.1, -0.05) is 6.92 Å². The molecule has 0 aromatic heterocycles. The van der Waals surface area contributed by atoms with E-state index in [0.29, 0.717) is 17.7 Å². The van der Waals surface area contributed by atoms with Gasteiger partial charge in [0, 0.05) is 18.6 Å². The van der Waals surface area contributed by atoms with Crippen LogP contribution in [0.1, 0.15) is 46.5 Å². The quantitative estimate of drug-likeness (QED) is 0.795. The molecule has 2 aliphatic rings. The number of ether oxygens (including phenoxy) is 1. The Labute approximate surface area is 106 Å². The zero-order chi connectivity index (χ0) is 12.3. The van der Waals surface area contributed by atoms with E-state index in [2.05, 4.69) is 31.0 Å².